The highest BCUT2D eigenvalue weighted by molar-refractivity contribution is 6.09. The van der Waals surface area contributed by atoms with E-state index >= 15 is 0 Å². The van der Waals surface area contributed by atoms with Crippen molar-refractivity contribution < 1.29 is 19.1 Å². The topological polar surface area (TPSA) is 87.7 Å². The first-order valence-corrected chi connectivity index (χ1v) is 10.3. The van der Waals surface area contributed by atoms with Crippen molar-refractivity contribution in [3.8, 4) is 0 Å². The summed E-state index contributed by atoms with van der Waals surface area (Å²) in [4.78, 5) is 39.7. The summed E-state index contributed by atoms with van der Waals surface area (Å²) >= 11 is 0. The van der Waals surface area contributed by atoms with Crippen LogP contribution in [0.1, 0.15) is 46.4 Å². The number of nitrogens with zero attached hydrogens (tertiary/aromatic N) is 1. The first-order chi connectivity index (χ1) is 14.6. The SMILES string of the molecule is O=C(Nc1ccccc1C(=O)N1CCCC1)c1cccc(NC(=O)C2CCCO2)c1. The molecule has 2 aliphatic rings. The highest BCUT2D eigenvalue weighted by Gasteiger charge is 2.24. The molecule has 2 aliphatic heterocycles. The Bertz CT molecular complexity index is 947. The Morgan fingerprint density at radius 2 is 1.73 bits per heavy atom. The summed E-state index contributed by atoms with van der Waals surface area (Å²) in [5.74, 6) is -0.613. The van der Waals surface area contributed by atoms with Gasteiger partial charge in [0.1, 0.15) is 6.10 Å². The Labute approximate surface area is 175 Å². The molecule has 7 heteroatoms. The van der Waals surface area contributed by atoms with E-state index in [9.17, 15) is 14.4 Å². The van der Waals surface area contributed by atoms with E-state index in [1.807, 2.05) is 4.90 Å². The molecule has 30 heavy (non-hydrogen) atoms. The minimum absolute atomic E-state index is 0.0685. The molecule has 2 fully saturated rings. The number of nitrogens with one attached hydrogen (secondary N) is 2. The highest BCUT2D eigenvalue weighted by Crippen LogP contribution is 2.22. The van der Waals surface area contributed by atoms with E-state index in [1.165, 1.54) is 0 Å². The maximum atomic E-state index is 12.8. The van der Waals surface area contributed by atoms with Crippen LogP contribution in [0.15, 0.2) is 48.5 Å². The lowest BCUT2D eigenvalue weighted by molar-refractivity contribution is -0.124. The number of amides is 3. The number of carbonyl (C=O) groups is 3. The molecule has 0 saturated carbocycles. The zero-order valence-electron chi connectivity index (χ0n) is 16.7. The Balaban J connectivity index is 1.47. The van der Waals surface area contributed by atoms with Crippen LogP contribution in [-0.2, 0) is 9.53 Å². The predicted molar refractivity (Wildman–Crippen MR) is 114 cm³/mol. The molecular weight excluding hydrogens is 382 g/mol. The third-order valence-electron chi connectivity index (χ3n) is 5.41. The molecule has 156 valence electrons. The van der Waals surface area contributed by atoms with Crippen LogP contribution in [0.5, 0.6) is 0 Å². The van der Waals surface area contributed by atoms with Crippen LogP contribution in [0.4, 0.5) is 11.4 Å². The largest absolute Gasteiger partial charge is 0.368 e. The van der Waals surface area contributed by atoms with E-state index in [0.717, 1.165) is 32.4 Å². The van der Waals surface area contributed by atoms with Gasteiger partial charge in [-0.3, -0.25) is 14.4 Å². The summed E-state index contributed by atoms with van der Waals surface area (Å²) in [6, 6.07) is 13.8. The van der Waals surface area contributed by atoms with Gasteiger partial charge in [0, 0.05) is 30.9 Å². The fourth-order valence-electron chi connectivity index (χ4n) is 3.81. The van der Waals surface area contributed by atoms with Crippen LogP contribution in [0, 0.1) is 0 Å². The quantitative estimate of drug-likeness (QED) is 0.796. The lowest BCUT2D eigenvalue weighted by Crippen LogP contribution is -2.29. The average Bonchev–Trinajstić information content (AvgIpc) is 3.48. The summed E-state index contributed by atoms with van der Waals surface area (Å²) in [7, 11) is 0. The van der Waals surface area contributed by atoms with Crippen LogP contribution in [0.2, 0.25) is 0 Å². The fourth-order valence-corrected chi connectivity index (χ4v) is 3.81. The summed E-state index contributed by atoms with van der Waals surface area (Å²) in [5, 5.41) is 5.65. The second-order valence-corrected chi connectivity index (χ2v) is 7.57. The predicted octanol–water partition coefficient (Wildman–Crippen LogP) is 3.29. The van der Waals surface area contributed by atoms with Gasteiger partial charge >= 0.3 is 0 Å². The Kier molecular flexibility index (Phi) is 6.09. The van der Waals surface area contributed by atoms with Crippen molar-refractivity contribution in [1.29, 1.82) is 0 Å². The zero-order valence-corrected chi connectivity index (χ0v) is 16.7. The van der Waals surface area contributed by atoms with Gasteiger partial charge in [-0.05, 0) is 56.0 Å². The molecule has 2 aromatic rings. The van der Waals surface area contributed by atoms with Crippen molar-refractivity contribution in [3.05, 3.63) is 59.7 Å². The molecule has 2 N–H and O–H groups in total. The van der Waals surface area contributed by atoms with Crippen LogP contribution in [-0.4, -0.2) is 48.4 Å². The normalized spacial score (nSPS) is 18.3. The fraction of sp³-hybridized carbons (Fsp3) is 0.348. The third kappa shape index (κ3) is 4.52. The van der Waals surface area contributed by atoms with Crippen LogP contribution < -0.4 is 10.6 Å². The molecule has 4 rings (SSSR count). The van der Waals surface area contributed by atoms with Crippen LogP contribution >= 0.6 is 0 Å². The third-order valence-corrected chi connectivity index (χ3v) is 5.41. The number of para-hydroxylation sites is 1. The van der Waals surface area contributed by atoms with Crippen LogP contribution in [0.25, 0.3) is 0 Å². The first kappa shape index (κ1) is 20.1. The Hall–Kier alpha value is -3.19. The summed E-state index contributed by atoms with van der Waals surface area (Å²) in [6.07, 6.45) is 3.14. The molecule has 0 spiro atoms. The first-order valence-electron chi connectivity index (χ1n) is 10.3. The van der Waals surface area contributed by atoms with Gasteiger partial charge in [0.05, 0.1) is 11.3 Å². The average molecular weight is 407 g/mol. The monoisotopic (exact) mass is 407 g/mol. The number of hydrogen-bond donors (Lipinski definition) is 2. The van der Waals surface area contributed by atoms with Gasteiger partial charge in [0.25, 0.3) is 17.7 Å². The second kappa shape index (κ2) is 9.09. The minimum atomic E-state index is -0.439. The maximum Gasteiger partial charge on any atom is 0.255 e. The highest BCUT2D eigenvalue weighted by atomic mass is 16.5. The molecular formula is C23H25N3O4. The molecule has 1 unspecified atom stereocenters. The van der Waals surface area contributed by atoms with Crippen LogP contribution in [0.3, 0.4) is 0 Å². The number of rotatable bonds is 5. The molecule has 0 bridgehead atoms. The number of likely N-dealkylation sites (tertiary alicyclic amines) is 1. The molecule has 7 nitrogen and oxygen atoms in total. The van der Waals surface area contributed by atoms with Gasteiger partial charge < -0.3 is 20.3 Å². The summed E-state index contributed by atoms with van der Waals surface area (Å²) < 4.78 is 5.39. The van der Waals surface area contributed by atoms with Gasteiger partial charge in [-0.25, -0.2) is 0 Å². The molecule has 3 amide bonds. The van der Waals surface area contributed by atoms with E-state index in [1.54, 1.807) is 48.5 Å². The molecule has 0 aliphatic carbocycles. The number of ether oxygens (including phenoxy) is 1. The molecule has 2 heterocycles. The van der Waals surface area contributed by atoms with E-state index in [-0.39, 0.29) is 17.7 Å². The van der Waals surface area contributed by atoms with E-state index in [2.05, 4.69) is 10.6 Å². The standard InChI is InChI=1S/C23H25N3O4/c27-21(16-7-5-8-17(15-16)24-22(28)20-11-6-14-30-20)25-19-10-2-1-9-18(19)23(29)26-12-3-4-13-26/h1-2,5,7-10,15,20H,3-4,6,11-14H2,(H,24,28)(H,25,27). The van der Waals surface area contributed by atoms with E-state index in [4.69, 9.17) is 4.74 Å². The van der Waals surface area contributed by atoms with Gasteiger partial charge in [0.15, 0.2) is 0 Å². The van der Waals surface area contributed by atoms with Gasteiger partial charge in [0.2, 0.25) is 0 Å². The number of benzene rings is 2. The van der Waals surface area contributed by atoms with Crippen molar-refractivity contribution in [2.45, 2.75) is 31.8 Å². The van der Waals surface area contributed by atoms with Gasteiger partial charge in [-0.15, -0.1) is 0 Å². The Morgan fingerprint density at radius 1 is 0.933 bits per heavy atom. The molecule has 2 aromatic carbocycles. The Morgan fingerprint density at radius 3 is 2.50 bits per heavy atom. The van der Waals surface area contributed by atoms with Crippen molar-refractivity contribution in [1.82, 2.24) is 4.90 Å². The molecule has 0 radical (unpaired) electrons. The number of anilines is 2. The lowest BCUT2D eigenvalue weighted by atomic mass is 10.1. The van der Waals surface area contributed by atoms with Crippen molar-refractivity contribution in [2.24, 2.45) is 0 Å². The second-order valence-electron chi connectivity index (χ2n) is 7.57. The smallest absolute Gasteiger partial charge is 0.255 e. The van der Waals surface area contributed by atoms with Crippen molar-refractivity contribution in [2.75, 3.05) is 30.3 Å². The molecule has 2 saturated heterocycles. The molecule has 1 atom stereocenters. The minimum Gasteiger partial charge on any atom is -0.368 e. The molecule has 0 aromatic heterocycles. The summed E-state index contributed by atoms with van der Waals surface area (Å²) in [5.41, 5.74) is 1.89. The van der Waals surface area contributed by atoms with Gasteiger partial charge in [-0.2, -0.15) is 0 Å². The number of hydrogen-bond acceptors (Lipinski definition) is 4. The maximum absolute atomic E-state index is 12.8. The number of carbonyl (C=O) groups excluding carboxylic acids is 3. The zero-order chi connectivity index (χ0) is 20.9. The lowest BCUT2D eigenvalue weighted by Gasteiger charge is -2.18. The van der Waals surface area contributed by atoms with E-state index < -0.39 is 6.10 Å². The van der Waals surface area contributed by atoms with E-state index in [0.29, 0.717) is 35.5 Å². The van der Waals surface area contributed by atoms with Crippen molar-refractivity contribution in [3.63, 3.8) is 0 Å². The van der Waals surface area contributed by atoms with Gasteiger partial charge in [-0.1, -0.05) is 18.2 Å². The summed E-state index contributed by atoms with van der Waals surface area (Å²) in [6.45, 7) is 2.08. The van der Waals surface area contributed by atoms with Crippen molar-refractivity contribution >= 4 is 29.1 Å².